The molecule has 0 spiro atoms. The zero-order valence-corrected chi connectivity index (χ0v) is 26.3. The Kier molecular flexibility index (Phi) is 9.80. The summed E-state index contributed by atoms with van der Waals surface area (Å²) >= 11 is 3.55. The summed E-state index contributed by atoms with van der Waals surface area (Å²) in [4.78, 5) is 16.6. The molecular weight excluding hydrogens is 622 g/mol. The van der Waals surface area contributed by atoms with Crippen molar-refractivity contribution in [3.05, 3.63) is 105 Å². The van der Waals surface area contributed by atoms with Crippen molar-refractivity contribution >= 4 is 37.6 Å². The van der Waals surface area contributed by atoms with Gasteiger partial charge in [0.2, 0.25) is 10.0 Å². The minimum absolute atomic E-state index is 0.0512. The summed E-state index contributed by atoms with van der Waals surface area (Å²) in [6, 6.07) is 16.3. The van der Waals surface area contributed by atoms with Crippen LogP contribution >= 0.6 is 15.9 Å². The number of aromatic nitrogens is 4. The minimum Gasteiger partial charge on any atom is -0.481 e. The van der Waals surface area contributed by atoms with Crippen LogP contribution in [0, 0.1) is 12.3 Å². The molecule has 4 rings (SSSR count). The van der Waals surface area contributed by atoms with Gasteiger partial charge in [-0.25, -0.2) is 8.42 Å². The van der Waals surface area contributed by atoms with Crippen LogP contribution in [0.4, 0.5) is 5.69 Å². The van der Waals surface area contributed by atoms with Gasteiger partial charge in [-0.3, -0.25) is 19.2 Å². The van der Waals surface area contributed by atoms with E-state index < -0.39 is 27.5 Å². The summed E-state index contributed by atoms with van der Waals surface area (Å²) in [5.74, 6) is -1.34. The summed E-state index contributed by atoms with van der Waals surface area (Å²) in [5.41, 5.74) is 3.42. The summed E-state index contributed by atoms with van der Waals surface area (Å²) in [6.45, 7) is 7.61. The molecule has 2 heterocycles. The number of rotatable bonds is 13. The average Bonchev–Trinajstić information content (AvgIpc) is 3.40. The first kappa shape index (κ1) is 31.3. The molecule has 1 unspecified atom stereocenters. The second-order valence-corrected chi connectivity index (χ2v) is 13.2. The second-order valence-electron chi connectivity index (χ2n) is 10.6. The highest BCUT2D eigenvalue weighted by molar-refractivity contribution is 9.10. The van der Waals surface area contributed by atoms with Crippen LogP contribution in [0.5, 0.6) is 0 Å². The molecule has 2 aromatic carbocycles. The minimum atomic E-state index is -3.81. The normalized spacial score (nSPS) is 12.7. The topological polar surface area (TPSA) is 136 Å². The Hall–Kier alpha value is -3.61. The smallest absolute Gasteiger partial charge is 0.312 e. The largest absolute Gasteiger partial charge is 0.481 e. The van der Waals surface area contributed by atoms with E-state index in [9.17, 15) is 18.3 Å². The number of carboxylic acids is 1. The van der Waals surface area contributed by atoms with Crippen molar-refractivity contribution in [2.75, 3.05) is 4.72 Å². The van der Waals surface area contributed by atoms with Crippen LogP contribution in [0.15, 0.2) is 71.5 Å². The molecule has 4 aromatic rings. The Labute approximate surface area is 254 Å². The summed E-state index contributed by atoms with van der Waals surface area (Å²) in [5, 5.41) is 18.1. The highest BCUT2D eigenvalue weighted by Gasteiger charge is 2.39. The summed E-state index contributed by atoms with van der Waals surface area (Å²) in [7, 11) is -3.81. The number of ether oxygens (including phenoxy) is 1. The first-order valence-electron chi connectivity index (χ1n) is 13.4. The lowest BCUT2D eigenvalue weighted by Crippen LogP contribution is -2.33. The monoisotopic (exact) mass is 655 g/mol. The maximum Gasteiger partial charge on any atom is 0.312 e. The van der Waals surface area contributed by atoms with Gasteiger partial charge in [-0.1, -0.05) is 51.5 Å². The number of hydrogen-bond acceptors (Lipinski definition) is 7. The van der Waals surface area contributed by atoms with Crippen LogP contribution in [0.1, 0.15) is 60.5 Å². The fraction of sp³-hybridized carbons (Fsp3) is 0.333. The van der Waals surface area contributed by atoms with Gasteiger partial charge in [0.05, 0.1) is 30.1 Å². The summed E-state index contributed by atoms with van der Waals surface area (Å²) < 4.78 is 37.7. The Bertz CT molecular complexity index is 1660. The van der Waals surface area contributed by atoms with Crippen molar-refractivity contribution in [1.82, 2.24) is 20.0 Å². The Morgan fingerprint density at radius 3 is 2.55 bits per heavy atom. The molecule has 222 valence electrons. The molecule has 0 saturated carbocycles. The molecule has 0 amide bonds. The molecule has 0 bridgehead atoms. The predicted octanol–water partition coefficient (Wildman–Crippen LogP) is 5.67. The number of nitrogens with zero attached hydrogens (tertiary/aromatic N) is 4. The van der Waals surface area contributed by atoms with Crippen molar-refractivity contribution in [1.29, 1.82) is 0 Å². The van der Waals surface area contributed by atoms with Gasteiger partial charge in [0.15, 0.2) is 0 Å². The van der Waals surface area contributed by atoms with Crippen LogP contribution in [0.3, 0.4) is 0 Å². The van der Waals surface area contributed by atoms with Gasteiger partial charge >= 0.3 is 5.97 Å². The molecule has 12 heteroatoms. The van der Waals surface area contributed by atoms with E-state index in [1.807, 2.05) is 38.1 Å². The molecule has 0 fully saturated rings. The van der Waals surface area contributed by atoms with Crippen LogP contribution in [-0.4, -0.2) is 39.5 Å². The molecule has 0 aliphatic carbocycles. The van der Waals surface area contributed by atoms with E-state index in [-0.39, 0.29) is 12.4 Å². The Balaban J connectivity index is 1.53. The van der Waals surface area contributed by atoms with Crippen molar-refractivity contribution < 1.29 is 23.1 Å². The number of aliphatic carboxylic acids is 1. The third kappa shape index (κ3) is 7.81. The fourth-order valence-corrected chi connectivity index (χ4v) is 6.24. The standard InChI is InChI=1S/C30H34BrN5O5S/c1-5-36-17-26(33-35-36)18-41-28(30(3,4)29(37)38)22-10-9-20(2)23(14-22)19-42(39,40)34-25-12-11-21(27(31)16-25)15-24-8-6-7-13-32-24/h6-14,16-17,28,34H,5,15,18-19H2,1-4H3,(H,37,38). The van der Waals surface area contributed by atoms with Gasteiger partial charge in [0.25, 0.3) is 0 Å². The number of benzene rings is 2. The molecule has 0 aliphatic heterocycles. The van der Waals surface area contributed by atoms with Crippen LogP contribution < -0.4 is 4.72 Å². The van der Waals surface area contributed by atoms with Gasteiger partial charge in [0.1, 0.15) is 5.69 Å². The second kappa shape index (κ2) is 13.1. The molecule has 0 aliphatic rings. The lowest BCUT2D eigenvalue weighted by molar-refractivity contribution is -0.158. The SMILES string of the molecule is CCn1cc(COC(c2ccc(C)c(CS(=O)(=O)Nc3ccc(Cc4ccccn4)c(Br)c3)c2)C(C)(C)C(=O)O)nn1. The number of aryl methyl sites for hydroxylation is 2. The van der Waals surface area contributed by atoms with E-state index in [2.05, 4.69) is 35.9 Å². The van der Waals surface area contributed by atoms with E-state index in [0.29, 0.717) is 35.5 Å². The van der Waals surface area contributed by atoms with Gasteiger partial charge in [-0.2, -0.15) is 0 Å². The molecule has 0 saturated heterocycles. The predicted molar refractivity (Wildman–Crippen MR) is 163 cm³/mol. The van der Waals surface area contributed by atoms with Crippen molar-refractivity contribution in [3.63, 3.8) is 0 Å². The Morgan fingerprint density at radius 2 is 1.90 bits per heavy atom. The molecule has 2 aromatic heterocycles. The lowest BCUT2D eigenvalue weighted by Gasteiger charge is -2.31. The number of carboxylic acid groups (broad SMARTS) is 1. The number of sulfonamides is 1. The van der Waals surface area contributed by atoms with Crippen molar-refractivity contribution in [2.45, 2.75) is 59.1 Å². The van der Waals surface area contributed by atoms with Crippen LogP contribution in [0.25, 0.3) is 0 Å². The Morgan fingerprint density at radius 1 is 1.12 bits per heavy atom. The highest BCUT2D eigenvalue weighted by atomic mass is 79.9. The molecule has 0 radical (unpaired) electrons. The van der Waals surface area contributed by atoms with E-state index in [4.69, 9.17) is 4.74 Å². The molecule has 10 nitrogen and oxygen atoms in total. The van der Waals surface area contributed by atoms with E-state index in [0.717, 1.165) is 21.3 Å². The zero-order chi connectivity index (χ0) is 30.5. The van der Waals surface area contributed by atoms with E-state index >= 15 is 0 Å². The first-order valence-corrected chi connectivity index (χ1v) is 15.8. The maximum atomic E-state index is 13.3. The van der Waals surface area contributed by atoms with Gasteiger partial charge in [-0.05, 0) is 74.2 Å². The molecule has 1 atom stereocenters. The number of pyridine rings is 1. The number of halogens is 1. The summed E-state index contributed by atoms with van der Waals surface area (Å²) in [6.07, 6.45) is 3.21. The first-order chi connectivity index (χ1) is 19.9. The zero-order valence-electron chi connectivity index (χ0n) is 23.9. The number of nitrogens with one attached hydrogen (secondary N) is 1. The highest BCUT2D eigenvalue weighted by Crippen LogP contribution is 2.38. The average molecular weight is 657 g/mol. The van der Waals surface area contributed by atoms with Crippen molar-refractivity contribution in [2.24, 2.45) is 5.41 Å². The molecule has 2 N–H and O–H groups in total. The number of carbonyl (C=O) groups is 1. The fourth-order valence-electron chi connectivity index (χ4n) is 4.44. The lowest BCUT2D eigenvalue weighted by atomic mass is 9.82. The number of hydrogen-bond donors (Lipinski definition) is 2. The molecular formula is C30H34BrN5O5S. The van der Waals surface area contributed by atoms with Crippen molar-refractivity contribution in [3.8, 4) is 0 Å². The maximum absolute atomic E-state index is 13.3. The van der Waals surface area contributed by atoms with E-state index in [1.165, 1.54) is 0 Å². The third-order valence-corrected chi connectivity index (χ3v) is 8.94. The quantitative estimate of drug-likeness (QED) is 0.188. The van der Waals surface area contributed by atoms with Gasteiger partial charge in [0, 0.05) is 35.0 Å². The van der Waals surface area contributed by atoms with Gasteiger partial charge < -0.3 is 9.84 Å². The van der Waals surface area contributed by atoms with Crippen LogP contribution in [-0.2, 0) is 44.9 Å². The van der Waals surface area contributed by atoms with Gasteiger partial charge in [-0.15, -0.1) is 5.10 Å². The van der Waals surface area contributed by atoms with Crippen LogP contribution in [0.2, 0.25) is 0 Å². The van der Waals surface area contributed by atoms with E-state index in [1.54, 1.807) is 61.3 Å². The third-order valence-electron chi connectivity index (χ3n) is 6.96. The number of anilines is 1. The molecule has 42 heavy (non-hydrogen) atoms.